The molecule has 1 aromatic heterocycles. The molecule has 2 aromatic rings. The molecule has 0 unspecified atom stereocenters. The van der Waals surface area contributed by atoms with Gasteiger partial charge in [-0.15, -0.1) is 0 Å². The van der Waals surface area contributed by atoms with E-state index in [1.54, 1.807) is 30.5 Å². The lowest BCUT2D eigenvalue weighted by Crippen LogP contribution is -1.97. The highest BCUT2D eigenvalue weighted by Crippen LogP contribution is 2.28. The van der Waals surface area contributed by atoms with Gasteiger partial charge in [0.05, 0.1) is 0 Å². The van der Waals surface area contributed by atoms with Gasteiger partial charge in [-0.2, -0.15) is 0 Å². The summed E-state index contributed by atoms with van der Waals surface area (Å²) in [6, 6.07) is 7.31. The maximum atomic E-state index is 9.51. The van der Waals surface area contributed by atoms with E-state index in [1.165, 1.54) is 0 Å². The topological polar surface area (TPSA) is 47.3 Å². The van der Waals surface area contributed by atoms with Crippen LogP contribution in [-0.4, -0.2) is 14.7 Å². The molecule has 1 N–H and O–H groups in total. The molecule has 0 saturated carbocycles. The molecular weight excluding hydrogens is 192 g/mol. The smallest absolute Gasteiger partial charge is 0.301 e. The third-order valence-corrected chi connectivity index (χ3v) is 2.08. The molecule has 0 bridgehead atoms. The van der Waals surface area contributed by atoms with E-state index in [0.29, 0.717) is 11.8 Å². The van der Waals surface area contributed by atoms with Gasteiger partial charge in [0.15, 0.2) is 11.5 Å². The number of benzene rings is 1. The average Bonchev–Trinajstić information content (AvgIpc) is 2.69. The van der Waals surface area contributed by atoms with Gasteiger partial charge in [-0.05, 0) is 19.1 Å². The number of imidazole rings is 1. The fourth-order valence-electron chi connectivity index (χ4n) is 1.28. The number of nitrogens with zero attached hydrogens (tertiary/aromatic N) is 2. The van der Waals surface area contributed by atoms with Crippen LogP contribution in [0, 0.1) is 0 Å². The van der Waals surface area contributed by atoms with Gasteiger partial charge in [-0.1, -0.05) is 12.1 Å². The Morgan fingerprint density at radius 3 is 2.93 bits per heavy atom. The van der Waals surface area contributed by atoms with E-state index in [4.69, 9.17) is 4.74 Å². The molecule has 0 amide bonds. The fraction of sp³-hybridized carbons (Fsp3) is 0.182. The minimum Gasteiger partial charge on any atom is -0.504 e. The number of rotatable bonds is 3. The van der Waals surface area contributed by atoms with Crippen molar-refractivity contribution < 1.29 is 9.84 Å². The van der Waals surface area contributed by atoms with Gasteiger partial charge in [-0.3, -0.25) is 0 Å². The lowest BCUT2D eigenvalue weighted by Gasteiger charge is -2.07. The van der Waals surface area contributed by atoms with Crippen molar-refractivity contribution in [3.8, 4) is 17.5 Å². The number of aromatic hydroxyl groups is 1. The molecule has 1 heterocycles. The van der Waals surface area contributed by atoms with Crippen LogP contribution in [0.3, 0.4) is 0 Å². The van der Waals surface area contributed by atoms with E-state index >= 15 is 0 Å². The van der Waals surface area contributed by atoms with Gasteiger partial charge in [0, 0.05) is 18.9 Å². The highest BCUT2D eigenvalue weighted by molar-refractivity contribution is 5.39. The quantitative estimate of drug-likeness (QED) is 0.835. The Morgan fingerprint density at radius 2 is 2.20 bits per heavy atom. The van der Waals surface area contributed by atoms with Crippen LogP contribution in [0.15, 0.2) is 36.7 Å². The lowest BCUT2D eigenvalue weighted by molar-refractivity contribution is 0.378. The van der Waals surface area contributed by atoms with Crippen molar-refractivity contribution in [2.24, 2.45) is 0 Å². The van der Waals surface area contributed by atoms with Crippen LogP contribution >= 0.6 is 0 Å². The van der Waals surface area contributed by atoms with Gasteiger partial charge in [0.2, 0.25) is 0 Å². The Morgan fingerprint density at radius 1 is 1.40 bits per heavy atom. The number of phenols is 1. The summed E-state index contributed by atoms with van der Waals surface area (Å²) in [7, 11) is 0. The summed E-state index contributed by atoms with van der Waals surface area (Å²) in [5, 5.41) is 9.51. The molecule has 15 heavy (non-hydrogen) atoms. The predicted molar refractivity (Wildman–Crippen MR) is 56.1 cm³/mol. The zero-order chi connectivity index (χ0) is 10.7. The summed E-state index contributed by atoms with van der Waals surface area (Å²) >= 11 is 0. The molecule has 4 heteroatoms. The third-order valence-electron chi connectivity index (χ3n) is 2.08. The average molecular weight is 204 g/mol. The van der Waals surface area contributed by atoms with E-state index < -0.39 is 0 Å². The van der Waals surface area contributed by atoms with Crippen molar-refractivity contribution in [3.63, 3.8) is 0 Å². The van der Waals surface area contributed by atoms with Crippen LogP contribution in [-0.2, 0) is 6.54 Å². The first-order valence-corrected chi connectivity index (χ1v) is 4.78. The molecule has 1 aromatic carbocycles. The first kappa shape index (κ1) is 9.58. The van der Waals surface area contributed by atoms with Gasteiger partial charge in [-0.25, -0.2) is 4.98 Å². The largest absolute Gasteiger partial charge is 0.504 e. The van der Waals surface area contributed by atoms with Crippen LogP contribution in [0.5, 0.6) is 17.5 Å². The zero-order valence-corrected chi connectivity index (χ0v) is 8.42. The number of ether oxygens (including phenoxy) is 1. The van der Waals surface area contributed by atoms with Crippen molar-refractivity contribution in [2.45, 2.75) is 13.5 Å². The Balaban J connectivity index is 2.26. The monoisotopic (exact) mass is 204 g/mol. The number of phenolic OH excluding ortho intramolecular Hbond substituents is 1. The predicted octanol–water partition coefficient (Wildman–Crippen LogP) is 2.40. The standard InChI is InChI=1S/C11H12N2O2/c1-2-13-8-7-12-11(13)15-10-6-4-3-5-9(10)14/h3-8,14H,2H2,1H3. The minimum absolute atomic E-state index is 0.114. The minimum atomic E-state index is 0.114. The summed E-state index contributed by atoms with van der Waals surface area (Å²) in [4.78, 5) is 4.05. The number of para-hydroxylation sites is 2. The van der Waals surface area contributed by atoms with E-state index in [2.05, 4.69) is 4.98 Å². The Bertz CT molecular complexity index is 451. The van der Waals surface area contributed by atoms with Crippen LogP contribution < -0.4 is 4.74 Å². The molecule has 0 spiro atoms. The molecule has 0 aliphatic carbocycles. The second-order valence-electron chi connectivity index (χ2n) is 3.07. The molecule has 0 aliphatic heterocycles. The van der Waals surface area contributed by atoms with Crippen LogP contribution in [0.2, 0.25) is 0 Å². The van der Waals surface area contributed by atoms with Crippen molar-refractivity contribution in [1.29, 1.82) is 0 Å². The van der Waals surface area contributed by atoms with Crippen LogP contribution in [0.4, 0.5) is 0 Å². The van der Waals surface area contributed by atoms with E-state index in [-0.39, 0.29) is 5.75 Å². The Hall–Kier alpha value is -1.97. The Labute approximate surface area is 87.8 Å². The van der Waals surface area contributed by atoms with Gasteiger partial charge < -0.3 is 14.4 Å². The molecule has 4 nitrogen and oxygen atoms in total. The molecule has 2 rings (SSSR count). The molecule has 78 valence electrons. The first-order chi connectivity index (χ1) is 7.31. The van der Waals surface area contributed by atoms with Crippen molar-refractivity contribution >= 4 is 0 Å². The normalized spacial score (nSPS) is 10.2. The van der Waals surface area contributed by atoms with Gasteiger partial charge in [0.1, 0.15) is 0 Å². The zero-order valence-electron chi connectivity index (χ0n) is 8.42. The number of hydrogen-bond acceptors (Lipinski definition) is 3. The number of hydrogen-bond donors (Lipinski definition) is 1. The fourth-order valence-corrected chi connectivity index (χ4v) is 1.28. The van der Waals surface area contributed by atoms with Gasteiger partial charge >= 0.3 is 6.01 Å². The molecule has 0 aliphatic rings. The molecule has 0 atom stereocenters. The molecule has 0 radical (unpaired) electrons. The summed E-state index contributed by atoms with van der Waals surface area (Å²) in [6.45, 7) is 2.78. The summed E-state index contributed by atoms with van der Waals surface area (Å²) in [5.74, 6) is 0.529. The van der Waals surface area contributed by atoms with E-state index in [1.807, 2.05) is 17.7 Å². The van der Waals surface area contributed by atoms with Crippen molar-refractivity contribution in [2.75, 3.05) is 0 Å². The maximum absolute atomic E-state index is 9.51. The number of aromatic nitrogens is 2. The lowest BCUT2D eigenvalue weighted by atomic mass is 10.3. The number of aryl methyl sites for hydroxylation is 1. The van der Waals surface area contributed by atoms with Crippen molar-refractivity contribution in [1.82, 2.24) is 9.55 Å². The summed E-state index contributed by atoms with van der Waals surface area (Å²) < 4.78 is 7.33. The van der Waals surface area contributed by atoms with E-state index in [0.717, 1.165) is 6.54 Å². The highest BCUT2D eigenvalue weighted by atomic mass is 16.5. The van der Waals surface area contributed by atoms with Crippen LogP contribution in [0.25, 0.3) is 0 Å². The van der Waals surface area contributed by atoms with E-state index in [9.17, 15) is 5.11 Å². The van der Waals surface area contributed by atoms with Crippen molar-refractivity contribution in [3.05, 3.63) is 36.7 Å². The molecule has 0 saturated heterocycles. The Kier molecular flexibility index (Phi) is 2.58. The molecular formula is C11H12N2O2. The summed E-state index contributed by atoms with van der Waals surface area (Å²) in [6.07, 6.45) is 3.49. The summed E-state index contributed by atoms with van der Waals surface area (Å²) in [5.41, 5.74) is 0. The molecule has 0 fully saturated rings. The van der Waals surface area contributed by atoms with Gasteiger partial charge in [0.25, 0.3) is 0 Å². The van der Waals surface area contributed by atoms with Crippen LogP contribution in [0.1, 0.15) is 6.92 Å². The highest BCUT2D eigenvalue weighted by Gasteiger charge is 2.06. The second-order valence-corrected chi connectivity index (χ2v) is 3.07. The second kappa shape index (κ2) is 4.04. The maximum Gasteiger partial charge on any atom is 0.301 e. The SMILES string of the molecule is CCn1ccnc1Oc1ccccc1O. The third kappa shape index (κ3) is 1.93. The first-order valence-electron chi connectivity index (χ1n) is 4.78.